The molecule has 0 saturated carbocycles. The standard InChI is InChI=1S/C33H43N3O11S/c1-19-7-5-8-21(34-26(40)18-48-33-29(42)31-30(47-31)25(16-37)46-33)9-6-10-22(35-44-17-27(41)36-11-3-2-4-12-36)13-20-14-23(38)15-24(39)28(20)32(43)45-19/h5-6,8,10,14-15,19,21,25,29-31,33,37-39,42H,2-4,7,9,11-13,16-18H2,1H3,(H,34,40)/b8-5+,10-6+,35-22-/t19-,21+,25-,29?,30+,31?,33-/m1/s1. The van der Waals surface area contributed by atoms with Gasteiger partial charge in [0.1, 0.15) is 53.0 Å². The second kappa shape index (κ2) is 16.7. The number of benzene rings is 1. The molecule has 1 aromatic carbocycles. The number of ether oxygens (including phenoxy) is 3. The minimum Gasteiger partial charge on any atom is -0.508 e. The van der Waals surface area contributed by atoms with Gasteiger partial charge in [0.2, 0.25) is 5.91 Å². The lowest BCUT2D eigenvalue weighted by molar-refractivity contribution is -0.137. The molecular weight excluding hydrogens is 646 g/mol. The van der Waals surface area contributed by atoms with Gasteiger partial charge in [-0.1, -0.05) is 23.4 Å². The molecule has 0 bridgehead atoms. The Bertz CT molecular complexity index is 1410. The predicted molar refractivity (Wildman–Crippen MR) is 174 cm³/mol. The van der Waals surface area contributed by atoms with E-state index in [2.05, 4.69) is 10.5 Å². The molecule has 1 aromatic rings. The highest BCUT2D eigenvalue weighted by Gasteiger charge is 2.57. The van der Waals surface area contributed by atoms with E-state index in [9.17, 15) is 34.8 Å². The van der Waals surface area contributed by atoms with Crippen LogP contribution in [0.3, 0.4) is 0 Å². The summed E-state index contributed by atoms with van der Waals surface area (Å²) in [4.78, 5) is 46.0. The van der Waals surface area contributed by atoms with Crippen molar-refractivity contribution in [2.75, 3.05) is 32.1 Å². The molecule has 7 atom stereocenters. The van der Waals surface area contributed by atoms with Crippen molar-refractivity contribution < 1.29 is 53.9 Å². The molecule has 2 unspecified atom stereocenters. The van der Waals surface area contributed by atoms with Crippen molar-refractivity contribution in [3.63, 3.8) is 0 Å². The molecule has 262 valence electrons. The van der Waals surface area contributed by atoms with Gasteiger partial charge in [0, 0.05) is 32.0 Å². The van der Waals surface area contributed by atoms with Gasteiger partial charge in [-0.2, -0.15) is 0 Å². The number of thioether (sulfide) groups is 1. The predicted octanol–water partition coefficient (Wildman–Crippen LogP) is 1.54. The summed E-state index contributed by atoms with van der Waals surface area (Å²) in [5, 5.41) is 47.9. The number of phenolic OH excluding ortho intramolecular Hbond substituents is 2. The van der Waals surface area contributed by atoms with Crippen molar-refractivity contribution in [1.82, 2.24) is 10.2 Å². The monoisotopic (exact) mass is 689 g/mol. The maximum absolute atomic E-state index is 13.2. The Labute approximate surface area is 282 Å². The molecule has 4 aliphatic rings. The quantitative estimate of drug-likeness (QED) is 0.114. The van der Waals surface area contributed by atoms with Crippen LogP contribution in [0.5, 0.6) is 11.5 Å². The number of piperidine rings is 1. The summed E-state index contributed by atoms with van der Waals surface area (Å²) in [6.45, 7) is 2.50. The maximum atomic E-state index is 13.2. The highest BCUT2D eigenvalue weighted by molar-refractivity contribution is 8.00. The molecule has 3 fully saturated rings. The van der Waals surface area contributed by atoms with Crippen molar-refractivity contribution in [2.24, 2.45) is 5.16 Å². The summed E-state index contributed by atoms with van der Waals surface area (Å²) in [5.74, 6) is -2.02. The lowest BCUT2D eigenvalue weighted by atomic mass is 9.99. The molecule has 5 rings (SSSR count). The van der Waals surface area contributed by atoms with Crippen LogP contribution in [0.4, 0.5) is 0 Å². The number of cyclic esters (lactones) is 1. The van der Waals surface area contributed by atoms with Crippen molar-refractivity contribution in [3.05, 3.63) is 47.6 Å². The Morgan fingerprint density at radius 3 is 2.67 bits per heavy atom. The maximum Gasteiger partial charge on any atom is 0.342 e. The van der Waals surface area contributed by atoms with Crippen LogP contribution in [-0.4, -0.2) is 123 Å². The second-order valence-electron chi connectivity index (χ2n) is 12.3. The fraction of sp³-hybridized carbons (Fsp3) is 0.576. The average molecular weight is 690 g/mol. The highest BCUT2D eigenvalue weighted by atomic mass is 32.2. The first-order valence-electron chi connectivity index (χ1n) is 16.2. The van der Waals surface area contributed by atoms with Crippen LogP contribution < -0.4 is 5.32 Å². The van der Waals surface area contributed by atoms with E-state index in [1.165, 1.54) is 6.07 Å². The number of nitrogens with zero attached hydrogens (tertiary/aromatic N) is 2. The van der Waals surface area contributed by atoms with Crippen LogP contribution in [0.1, 0.15) is 54.9 Å². The zero-order valence-corrected chi connectivity index (χ0v) is 27.5. The average Bonchev–Trinajstić information content (AvgIpc) is 3.86. The molecule has 4 heterocycles. The van der Waals surface area contributed by atoms with Crippen molar-refractivity contribution in [3.8, 4) is 11.5 Å². The third kappa shape index (κ3) is 9.50. The van der Waals surface area contributed by atoms with Gasteiger partial charge in [-0.3, -0.25) is 9.59 Å². The molecule has 0 aliphatic carbocycles. The number of carbonyl (C=O) groups excluding carboxylic acids is 3. The van der Waals surface area contributed by atoms with Gasteiger partial charge in [-0.15, -0.1) is 11.8 Å². The van der Waals surface area contributed by atoms with E-state index in [4.69, 9.17) is 19.0 Å². The topological polar surface area (TPSA) is 200 Å². The number of allylic oxidation sites excluding steroid dienone is 1. The lowest BCUT2D eigenvalue weighted by Gasteiger charge is -2.29. The number of phenols is 2. The number of amides is 2. The number of hydrogen-bond donors (Lipinski definition) is 5. The Morgan fingerprint density at radius 2 is 1.90 bits per heavy atom. The normalized spacial score (nSPS) is 31.4. The van der Waals surface area contributed by atoms with Gasteiger partial charge in [0.15, 0.2) is 6.61 Å². The van der Waals surface area contributed by atoms with Crippen molar-refractivity contribution in [2.45, 2.75) is 87.4 Å². The largest absolute Gasteiger partial charge is 0.508 e. The third-order valence-corrected chi connectivity index (χ3v) is 9.59. The Hall–Kier alpha value is -3.63. The van der Waals surface area contributed by atoms with Gasteiger partial charge in [0.25, 0.3) is 5.91 Å². The number of likely N-dealkylation sites (tertiary alicyclic amines) is 1. The molecule has 4 aliphatic heterocycles. The first-order chi connectivity index (χ1) is 23.1. The van der Waals surface area contributed by atoms with E-state index in [-0.39, 0.29) is 65.9 Å². The van der Waals surface area contributed by atoms with E-state index in [1.807, 2.05) is 0 Å². The van der Waals surface area contributed by atoms with Crippen LogP contribution in [0.2, 0.25) is 0 Å². The molecule has 5 N–H and O–H groups in total. The molecular formula is C33H43N3O11S. The van der Waals surface area contributed by atoms with Crippen LogP contribution >= 0.6 is 11.8 Å². The number of epoxide rings is 1. The lowest BCUT2D eigenvalue weighted by Crippen LogP contribution is -2.45. The summed E-state index contributed by atoms with van der Waals surface area (Å²) in [6.07, 6.45) is 7.70. The summed E-state index contributed by atoms with van der Waals surface area (Å²) in [6, 6.07) is 1.92. The summed E-state index contributed by atoms with van der Waals surface area (Å²) >= 11 is 1.12. The first kappa shape index (κ1) is 35.7. The fourth-order valence-electron chi connectivity index (χ4n) is 5.91. The number of aliphatic hydroxyl groups is 2. The molecule has 14 nitrogen and oxygen atoms in total. The third-order valence-electron chi connectivity index (χ3n) is 8.44. The van der Waals surface area contributed by atoms with Crippen molar-refractivity contribution >= 4 is 35.3 Å². The van der Waals surface area contributed by atoms with Gasteiger partial charge < -0.3 is 49.7 Å². The Balaban J connectivity index is 1.29. The summed E-state index contributed by atoms with van der Waals surface area (Å²) < 4.78 is 16.7. The first-order valence-corrected chi connectivity index (χ1v) is 17.2. The van der Waals surface area contributed by atoms with Gasteiger partial charge in [0.05, 0.1) is 24.1 Å². The number of aromatic hydroxyl groups is 2. The van der Waals surface area contributed by atoms with Gasteiger partial charge in [-0.25, -0.2) is 4.79 Å². The number of esters is 1. The molecule has 0 radical (unpaired) electrons. The van der Waals surface area contributed by atoms with Crippen LogP contribution in [0.25, 0.3) is 0 Å². The molecule has 0 spiro atoms. The van der Waals surface area contributed by atoms with Crippen molar-refractivity contribution in [1.29, 1.82) is 0 Å². The van der Waals surface area contributed by atoms with Crippen LogP contribution in [-0.2, 0) is 35.1 Å². The second-order valence-corrected chi connectivity index (χ2v) is 13.3. The zero-order valence-electron chi connectivity index (χ0n) is 26.7. The van der Waals surface area contributed by atoms with E-state index in [1.54, 1.807) is 36.1 Å². The zero-order chi connectivity index (χ0) is 34.2. The number of fused-ring (bicyclic) bond motifs is 2. The summed E-state index contributed by atoms with van der Waals surface area (Å²) in [5.41, 5.74) is -0.311. The minimum absolute atomic E-state index is 0.0191. The Kier molecular flexibility index (Phi) is 12.4. The number of oxime groups is 1. The number of hydrogen-bond acceptors (Lipinski definition) is 13. The van der Waals surface area contributed by atoms with Crippen LogP contribution in [0, 0.1) is 0 Å². The summed E-state index contributed by atoms with van der Waals surface area (Å²) in [7, 11) is 0. The van der Waals surface area contributed by atoms with Crippen LogP contribution in [0.15, 0.2) is 41.6 Å². The Morgan fingerprint density at radius 1 is 1.10 bits per heavy atom. The van der Waals surface area contributed by atoms with Gasteiger partial charge in [-0.05, 0) is 50.3 Å². The van der Waals surface area contributed by atoms with E-state index < -0.39 is 47.6 Å². The van der Waals surface area contributed by atoms with E-state index in [0.29, 0.717) is 25.9 Å². The number of aliphatic hydroxyl groups excluding tert-OH is 2. The molecule has 0 aromatic heterocycles. The van der Waals surface area contributed by atoms with E-state index in [0.717, 1.165) is 37.1 Å². The highest BCUT2D eigenvalue weighted by Crippen LogP contribution is 2.40. The minimum atomic E-state index is -0.916. The molecule has 3 saturated heterocycles. The fourth-order valence-corrected chi connectivity index (χ4v) is 6.89. The van der Waals surface area contributed by atoms with E-state index >= 15 is 0 Å². The number of carbonyl (C=O) groups is 3. The number of rotatable bonds is 8. The van der Waals surface area contributed by atoms with Gasteiger partial charge >= 0.3 is 5.97 Å². The molecule has 15 heteroatoms. The number of nitrogens with one attached hydrogen (secondary N) is 1. The molecule has 48 heavy (non-hydrogen) atoms. The smallest absolute Gasteiger partial charge is 0.342 e. The molecule has 2 amide bonds. The SMILES string of the molecule is C[C@@H]1C/C=C/[C@H](NC(=O)CS[C@H]2O[C@H](CO)[C@@H]3OC3C2O)C/C=C/C(=N/OCC(=O)N2CCCCC2)Cc2cc(O)cc(O)c2C(=O)O1.